The molecular formula is C13H10Cl3NO3S. The van der Waals surface area contributed by atoms with E-state index in [4.69, 9.17) is 44.7 Å². The van der Waals surface area contributed by atoms with E-state index in [2.05, 4.69) is 0 Å². The molecule has 0 atom stereocenters. The van der Waals surface area contributed by atoms with Crippen LogP contribution in [-0.4, -0.2) is 8.42 Å². The number of benzene rings is 2. The summed E-state index contributed by atoms with van der Waals surface area (Å²) in [5.74, 6) is 0.186. The zero-order valence-corrected chi connectivity index (χ0v) is 13.6. The van der Waals surface area contributed by atoms with Gasteiger partial charge in [-0.05, 0) is 29.8 Å². The summed E-state index contributed by atoms with van der Waals surface area (Å²) in [5.41, 5.74) is 0.824. The lowest BCUT2D eigenvalue weighted by atomic mass is 10.2. The number of rotatable bonds is 4. The normalized spacial score (nSPS) is 11.4. The second-order valence-corrected chi connectivity index (χ2v) is 6.99. The molecule has 0 fully saturated rings. The molecule has 4 nitrogen and oxygen atoms in total. The van der Waals surface area contributed by atoms with Crippen molar-refractivity contribution < 1.29 is 13.2 Å². The van der Waals surface area contributed by atoms with Crippen LogP contribution in [0, 0.1) is 0 Å². The van der Waals surface area contributed by atoms with Gasteiger partial charge in [0.1, 0.15) is 6.61 Å². The third-order valence-electron chi connectivity index (χ3n) is 2.57. The van der Waals surface area contributed by atoms with E-state index in [0.717, 1.165) is 5.56 Å². The quantitative estimate of drug-likeness (QED) is 0.893. The third-order valence-corrected chi connectivity index (χ3v) is 4.26. The highest BCUT2D eigenvalue weighted by atomic mass is 35.5. The summed E-state index contributed by atoms with van der Waals surface area (Å²) in [4.78, 5) is -0.174. The summed E-state index contributed by atoms with van der Waals surface area (Å²) in [6, 6.07) is 9.47. The Morgan fingerprint density at radius 3 is 2.19 bits per heavy atom. The van der Waals surface area contributed by atoms with Crippen molar-refractivity contribution in [2.24, 2.45) is 5.14 Å². The van der Waals surface area contributed by atoms with Gasteiger partial charge >= 0.3 is 0 Å². The third kappa shape index (κ3) is 4.25. The molecule has 8 heteroatoms. The van der Waals surface area contributed by atoms with E-state index in [1.807, 2.05) is 6.07 Å². The molecule has 0 unspecified atom stereocenters. The van der Waals surface area contributed by atoms with Crippen molar-refractivity contribution in [2.75, 3.05) is 0 Å². The molecule has 112 valence electrons. The minimum Gasteiger partial charge on any atom is -0.486 e. The van der Waals surface area contributed by atoms with Crippen LogP contribution in [0.4, 0.5) is 0 Å². The van der Waals surface area contributed by atoms with E-state index in [0.29, 0.717) is 5.02 Å². The number of hydrogen-bond acceptors (Lipinski definition) is 3. The van der Waals surface area contributed by atoms with Crippen molar-refractivity contribution in [3.05, 3.63) is 57.0 Å². The van der Waals surface area contributed by atoms with Crippen molar-refractivity contribution in [1.82, 2.24) is 0 Å². The maximum atomic E-state index is 11.3. The van der Waals surface area contributed by atoms with Crippen LogP contribution in [0.1, 0.15) is 5.56 Å². The first-order chi connectivity index (χ1) is 9.77. The second-order valence-electron chi connectivity index (χ2n) is 4.18. The average Bonchev–Trinajstić information content (AvgIpc) is 2.36. The maximum Gasteiger partial charge on any atom is 0.238 e. The molecule has 0 bridgehead atoms. The fourth-order valence-electron chi connectivity index (χ4n) is 1.62. The van der Waals surface area contributed by atoms with Crippen molar-refractivity contribution in [3.8, 4) is 5.75 Å². The molecule has 0 saturated heterocycles. The number of hydrogen-bond donors (Lipinski definition) is 1. The number of ether oxygens (including phenoxy) is 1. The number of primary sulfonamides is 1. The summed E-state index contributed by atoms with van der Waals surface area (Å²) >= 11 is 17.8. The van der Waals surface area contributed by atoms with E-state index >= 15 is 0 Å². The van der Waals surface area contributed by atoms with Gasteiger partial charge in [0.25, 0.3) is 0 Å². The molecule has 0 spiro atoms. The van der Waals surface area contributed by atoms with E-state index in [1.165, 1.54) is 12.1 Å². The molecular weight excluding hydrogens is 357 g/mol. The van der Waals surface area contributed by atoms with Crippen molar-refractivity contribution in [2.45, 2.75) is 11.5 Å². The number of halogens is 3. The van der Waals surface area contributed by atoms with Crippen molar-refractivity contribution in [3.63, 3.8) is 0 Å². The van der Waals surface area contributed by atoms with Crippen LogP contribution >= 0.6 is 34.8 Å². The highest BCUT2D eigenvalue weighted by Gasteiger charge is 2.16. The zero-order valence-electron chi connectivity index (χ0n) is 10.5. The van der Waals surface area contributed by atoms with Gasteiger partial charge in [0.05, 0.1) is 14.9 Å². The van der Waals surface area contributed by atoms with Crippen LogP contribution in [0.3, 0.4) is 0 Å². The minimum absolute atomic E-state index is 0.0635. The number of nitrogens with two attached hydrogens (primary N) is 1. The van der Waals surface area contributed by atoms with Crippen molar-refractivity contribution >= 4 is 44.8 Å². The Kier molecular flexibility index (Phi) is 5.01. The van der Waals surface area contributed by atoms with Crippen LogP contribution < -0.4 is 9.88 Å². The standard InChI is InChI=1S/C13H10Cl3NO3S/c14-9-3-1-2-8(4-9)7-20-13-11(15)5-10(6-12(13)16)21(17,18)19/h1-6H,7H2,(H2,17,18,19). The lowest BCUT2D eigenvalue weighted by Gasteiger charge is -2.11. The molecule has 0 aliphatic carbocycles. The van der Waals surface area contributed by atoms with E-state index in [-0.39, 0.29) is 27.3 Å². The smallest absolute Gasteiger partial charge is 0.238 e. The maximum absolute atomic E-state index is 11.3. The second kappa shape index (κ2) is 6.42. The molecule has 2 aromatic rings. The van der Waals surface area contributed by atoms with E-state index in [9.17, 15) is 8.42 Å². The molecule has 2 rings (SSSR count). The van der Waals surface area contributed by atoms with Gasteiger partial charge < -0.3 is 4.74 Å². The van der Waals surface area contributed by atoms with Gasteiger partial charge in [0.2, 0.25) is 10.0 Å². The van der Waals surface area contributed by atoms with Crippen LogP contribution in [0.2, 0.25) is 15.1 Å². The Hall–Kier alpha value is -0.980. The number of sulfonamides is 1. The molecule has 2 aromatic carbocycles. The average molecular weight is 367 g/mol. The molecule has 0 amide bonds. The minimum atomic E-state index is -3.88. The van der Waals surface area contributed by atoms with Gasteiger partial charge in [-0.15, -0.1) is 0 Å². The van der Waals surface area contributed by atoms with Gasteiger partial charge in [-0.25, -0.2) is 13.6 Å². The molecule has 0 heterocycles. The Bertz CT molecular complexity index is 755. The monoisotopic (exact) mass is 365 g/mol. The Morgan fingerprint density at radius 1 is 1.05 bits per heavy atom. The molecule has 0 aliphatic rings. The van der Waals surface area contributed by atoms with Crippen LogP contribution in [0.15, 0.2) is 41.3 Å². The van der Waals surface area contributed by atoms with Crippen LogP contribution in [-0.2, 0) is 16.6 Å². The molecule has 0 aromatic heterocycles. The highest BCUT2D eigenvalue weighted by Crippen LogP contribution is 2.35. The topological polar surface area (TPSA) is 69.4 Å². The molecule has 0 saturated carbocycles. The molecule has 0 radical (unpaired) electrons. The van der Waals surface area contributed by atoms with Gasteiger partial charge in [-0.1, -0.05) is 46.9 Å². The van der Waals surface area contributed by atoms with Gasteiger partial charge in [-0.3, -0.25) is 0 Å². The Labute approximate surface area is 137 Å². The fourth-order valence-corrected chi connectivity index (χ4v) is 3.12. The van der Waals surface area contributed by atoms with Gasteiger partial charge in [-0.2, -0.15) is 0 Å². The summed E-state index contributed by atoms with van der Waals surface area (Å²) in [5, 5.41) is 5.73. The SMILES string of the molecule is NS(=O)(=O)c1cc(Cl)c(OCc2cccc(Cl)c2)c(Cl)c1. The van der Waals surface area contributed by atoms with Gasteiger partial charge in [0, 0.05) is 5.02 Å². The first kappa shape index (κ1) is 16.4. The Balaban J connectivity index is 2.25. The highest BCUT2D eigenvalue weighted by molar-refractivity contribution is 7.89. The van der Waals surface area contributed by atoms with Crippen molar-refractivity contribution in [1.29, 1.82) is 0 Å². The van der Waals surface area contributed by atoms with E-state index < -0.39 is 10.0 Å². The predicted molar refractivity (Wildman–Crippen MR) is 83.6 cm³/mol. The summed E-state index contributed by atoms with van der Waals surface area (Å²) in [6.07, 6.45) is 0. The molecule has 2 N–H and O–H groups in total. The lowest BCUT2D eigenvalue weighted by Crippen LogP contribution is -2.12. The van der Waals surface area contributed by atoms with Crippen LogP contribution in [0.5, 0.6) is 5.75 Å². The Morgan fingerprint density at radius 2 is 1.67 bits per heavy atom. The summed E-state index contributed by atoms with van der Waals surface area (Å²) in [6.45, 7) is 0.189. The summed E-state index contributed by atoms with van der Waals surface area (Å²) < 4.78 is 28.1. The molecule has 21 heavy (non-hydrogen) atoms. The first-order valence-electron chi connectivity index (χ1n) is 5.66. The lowest BCUT2D eigenvalue weighted by molar-refractivity contribution is 0.306. The summed E-state index contributed by atoms with van der Waals surface area (Å²) in [7, 11) is -3.88. The largest absolute Gasteiger partial charge is 0.486 e. The van der Waals surface area contributed by atoms with E-state index in [1.54, 1.807) is 18.2 Å². The predicted octanol–water partition coefficient (Wildman–Crippen LogP) is 3.87. The zero-order chi connectivity index (χ0) is 15.6. The first-order valence-corrected chi connectivity index (χ1v) is 8.34. The van der Waals surface area contributed by atoms with Crippen LogP contribution in [0.25, 0.3) is 0 Å². The fraction of sp³-hybridized carbons (Fsp3) is 0.0769. The molecule has 0 aliphatic heterocycles. The van der Waals surface area contributed by atoms with Gasteiger partial charge in [0.15, 0.2) is 5.75 Å².